The van der Waals surface area contributed by atoms with Crippen molar-refractivity contribution < 1.29 is 26.2 Å². The molecule has 0 aromatic heterocycles. The minimum Gasteiger partial charge on any atom is -0.165 e. The van der Waals surface area contributed by atoms with E-state index in [1.165, 1.54) is 58.7 Å². The van der Waals surface area contributed by atoms with Gasteiger partial charge in [0.1, 0.15) is 0 Å². The Morgan fingerprint density at radius 3 is 2.26 bits per heavy atom. The van der Waals surface area contributed by atoms with Gasteiger partial charge in [-0.05, 0) is 41.9 Å². The van der Waals surface area contributed by atoms with Crippen LogP contribution in [0.2, 0.25) is 0 Å². The van der Waals surface area contributed by atoms with Gasteiger partial charge in [0.2, 0.25) is 0 Å². The summed E-state index contributed by atoms with van der Waals surface area (Å²) in [6.45, 7) is 13.9. The molecule has 0 nitrogen and oxygen atoms in total. The van der Waals surface area contributed by atoms with E-state index in [2.05, 4.69) is 90.1 Å². The quantitative estimate of drug-likeness (QED) is 0.230. The second-order valence-corrected chi connectivity index (χ2v) is 9.96. The van der Waals surface area contributed by atoms with Gasteiger partial charge in [-0.2, -0.15) is 6.07 Å². The first-order chi connectivity index (χ1) is 14.4. The number of hydrogen-bond acceptors (Lipinski definition) is 0. The third kappa shape index (κ3) is 4.73. The van der Waals surface area contributed by atoms with E-state index in [0.29, 0.717) is 17.8 Å². The summed E-state index contributed by atoms with van der Waals surface area (Å²) in [6.07, 6.45) is 7.49. The summed E-state index contributed by atoms with van der Waals surface area (Å²) < 4.78 is 0. The van der Waals surface area contributed by atoms with Crippen LogP contribution in [0.3, 0.4) is 0 Å². The molecule has 1 aliphatic rings. The molecule has 0 spiro atoms. The number of fused-ring (bicyclic) bond motifs is 2. The zero-order valence-corrected chi connectivity index (χ0v) is 22.6. The Morgan fingerprint density at radius 1 is 0.871 bits per heavy atom. The Labute approximate surface area is 208 Å². The average molecular weight is 489 g/mol. The molecule has 1 heteroatoms. The van der Waals surface area contributed by atoms with Crippen LogP contribution < -0.4 is 0 Å². The molecule has 0 aliphatic heterocycles. The standard InChI is InChI=1S/C30H37.Zr/c1-19(2)23-13-9-15-27-25(21(5)17-29(23)27)11-7-8-12-26-22(6)18-30-24(20(3)4)14-10-16-28(26)30;/h9-10,13-20,25H,7-8,11-12H2,1-6H3;/q-1;. The van der Waals surface area contributed by atoms with E-state index < -0.39 is 0 Å². The first-order valence-corrected chi connectivity index (χ1v) is 11.9. The zero-order chi connectivity index (χ0) is 21.4. The first-order valence-electron chi connectivity index (χ1n) is 11.9. The Morgan fingerprint density at radius 2 is 1.55 bits per heavy atom. The molecule has 162 valence electrons. The first kappa shape index (κ1) is 24.3. The average Bonchev–Trinajstić information content (AvgIpc) is 3.20. The van der Waals surface area contributed by atoms with Crippen LogP contribution in [0.5, 0.6) is 0 Å². The van der Waals surface area contributed by atoms with Crippen molar-refractivity contribution in [2.75, 3.05) is 0 Å². The maximum atomic E-state index is 2.46. The molecule has 1 unspecified atom stereocenters. The summed E-state index contributed by atoms with van der Waals surface area (Å²) in [4.78, 5) is 0. The zero-order valence-electron chi connectivity index (χ0n) is 20.2. The van der Waals surface area contributed by atoms with E-state index in [4.69, 9.17) is 0 Å². The molecule has 1 aliphatic carbocycles. The van der Waals surface area contributed by atoms with E-state index in [1.807, 2.05) is 0 Å². The van der Waals surface area contributed by atoms with Crippen LogP contribution in [0.15, 0.2) is 48.0 Å². The fourth-order valence-electron chi connectivity index (χ4n) is 5.54. The number of rotatable bonds is 7. The Bertz CT molecular complexity index is 1080. The Balaban J connectivity index is 0.00000272. The third-order valence-electron chi connectivity index (χ3n) is 7.19. The smallest absolute Gasteiger partial charge is 0.00547 e. The van der Waals surface area contributed by atoms with Crippen molar-refractivity contribution in [3.05, 3.63) is 81.4 Å². The maximum absolute atomic E-state index is 2.46. The third-order valence-corrected chi connectivity index (χ3v) is 7.19. The van der Waals surface area contributed by atoms with E-state index in [1.54, 1.807) is 16.7 Å². The number of hydrogen-bond donors (Lipinski definition) is 0. The van der Waals surface area contributed by atoms with E-state index >= 15 is 0 Å². The summed E-state index contributed by atoms with van der Waals surface area (Å²) in [6, 6.07) is 16.2. The Hall–Kier alpha value is -1.33. The molecule has 0 saturated carbocycles. The number of aryl methyl sites for hydroxylation is 2. The maximum Gasteiger partial charge on any atom is 0.00547 e. The minimum atomic E-state index is 0. The Kier molecular flexibility index (Phi) is 7.91. The van der Waals surface area contributed by atoms with Crippen LogP contribution >= 0.6 is 0 Å². The van der Waals surface area contributed by atoms with Crippen molar-refractivity contribution in [3.63, 3.8) is 0 Å². The fraction of sp³-hybridized carbons (Fsp3) is 0.433. The molecular formula is C30H37Zr-. The molecule has 31 heavy (non-hydrogen) atoms. The summed E-state index contributed by atoms with van der Waals surface area (Å²) in [5, 5.41) is 2.97. The predicted octanol–water partition coefficient (Wildman–Crippen LogP) is 9.02. The van der Waals surface area contributed by atoms with Crippen molar-refractivity contribution >= 4 is 16.8 Å². The molecule has 1 atom stereocenters. The van der Waals surface area contributed by atoms with Gasteiger partial charge >= 0.3 is 0 Å². The van der Waals surface area contributed by atoms with Gasteiger partial charge < -0.3 is 0 Å². The van der Waals surface area contributed by atoms with Crippen LogP contribution in [0.4, 0.5) is 0 Å². The van der Waals surface area contributed by atoms with Crippen molar-refractivity contribution in [2.24, 2.45) is 0 Å². The molecule has 0 heterocycles. The van der Waals surface area contributed by atoms with Crippen molar-refractivity contribution in [3.8, 4) is 0 Å². The predicted molar refractivity (Wildman–Crippen MR) is 133 cm³/mol. The van der Waals surface area contributed by atoms with E-state index in [9.17, 15) is 0 Å². The van der Waals surface area contributed by atoms with Gasteiger partial charge in [-0.3, -0.25) is 0 Å². The molecule has 0 saturated heterocycles. The minimum absolute atomic E-state index is 0. The summed E-state index contributed by atoms with van der Waals surface area (Å²) in [5.74, 6) is 1.78. The van der Waals surface area contributed by atoms with Gasteiger partial charge in [-0.15, -0.1) is 34.0 Å². The monoisotopic (exact) mass is 487 g/mol. The van der Waals surface area contributed by atoms with Gasteiger partial charge in [0.05, 0.1) is 0 Å². The van der Waals surface area contributed by atoms with E-state index in [-0.39, 0.29) is 26.2 Å². The van der Waals surface area contributed by atoms with Crippen molar-refractivity contribution in [2.45, 2.75) is 85.0 Å². The molecule has 4 rings (SSSR count). The number of allylic oxidation sites excluding steroid dienone is 1. The molecule has 0 fully saturated rings. The van der Waals surface area contributed by atoms with Crippen LogP contribution in [0.25, 0.3) is 16.8 Å². The van der Waals surface area contributed by atoms with Crippen LogP contribution in [-0.2, 0) is 32.6 Å². The number of unbranched alkanes of at least 4 members (excludes halogenated alkanes) is 1. The van der Waals surface area contributed by atoms with E-state index in [0.717, 1.165) is 0 Å². The van der Waals surface area contributed by atoms with Crippen LogP contribution in [0, 0.1) is 6.92 Å². The van der Waals surface area contributed by atoms with Crippen molar-refractivity contribution in [1.82, 2.24) is 0 Å². The second-order valence-electron chi connectivity index (χ2n) is 9.96. The summed E-state index contributed by atoms with van der Waals surface area (Å²) in [7, 11) is 0. The van der Waals surface area contributed by atoms with Gasteiger partial charge in [0, 0.05) is 32.1 Å². The summed E-state index contributed by atoms with van der Waals surface area (Å²) in [5.41, 5.74) is 10.7. The fourth-order valence-corrected chi connectivity index (χ4v) is 5.54. The molecule has 0 N–H and O–H groups in total. The largest absolute Gasteiger partial charge is 0.165 e. The van der Waals surface area contributed by atoms with Gasteiger partial charge in [0.25, 0.3) is 0 Å². The molecule has 3 aromatic rings. The van der Waals surface area contributed by atoms with Crippen molar-refractivity contribution in [1.29, 1.82) is 0 Å². The second kappa shape index (κ2) is 10.1. The normalized spacial score (nSPS) is 15.5. The summed E-state index contributed by atoms with van der Waals surface area (Å²) >= 11 is 0. The SMILES string of the molecule is CC1=Cc2c(C(C)C)cccc2C1CCCC[c-]1c(C)cc2c(C(C)C)cccc21.[Zr]. The van der Waals surface area contributed by atoms with Crippen LogP contribution in [0.1, 0.15) is 105 Å². The topological polar surface area (TPSA) is 0 Å². The number of benzene rings is 2. The van der Waals surface area contributed by atoms with Gasteiger partial charge in [0.15, 0.2) is 0 Å². The molecular weight excluding hydrogens is 452 g/mol. The molecule has 0 radical (unpaired) electrons. The molecule has 3 aromatic carbocycles. The molecule has 0 amide bonds. The van der Waals surface area contributed by atoms with Crippen LogP contribution in [-0.4, -0.2) is 0 Å². The van der Waals surface area contributed by atoms with Gasteiger partial charge in [-0.1, -0.05) is 95.4 Å². The molecule has 0 bridgehead atoms. The van der Waals surface area contributed by atoms with Gasteiger partial charge in [-0.25, -0.2) is 0 Å².